The number of hydrogen-bond donors (Lipinski definition) is 4. The number of benzene rings is 2. The number of hydrogen-bond acceptors (Lipinski definition) is 4. The summed E-state index contributed by atoms with van der Waals surface area (Å²) in [5.41, 5.74) is 9.39. The van der Waals surface area contributed by atoms with Crippen LogP contribution in [-0.2, 0) is 22.6 Å². The monoisotopic (exact) mass is 429 g/mol. The first-order chi connectivity index (χ1) is 15.6. The van der Waals surface area contributed by atoms with Crippen molar-refractivity contribution >= 4 is 33.6 Å². The van der Waals surface area contributed by atoms with Gasteiger partial charge in [0.2, 0.25) is 11.8 Å². The molecule has 2 heterocycles. The average Bonchev–Trinajstić information content (AvgIpc) is 3.23. The van der Waals surface area contributed by atoms with Crippen LogP contribution in [0.15, 0.2) is 67.0 Å². The molecule has 0 saturated heterocycles. The maximum atomic E-state index is 13.1. The first-order valence-electron chi connectivity index (χ1n) is 10.8. The fourth-order valence-corrected chi connectivity index (χ4v) is 3.81. The molecule has 0 radical (unpaired) electrons. The highest BCUT2D eigenvalue weighted by molar-refractivity contribution is 5.89. The number of carbonyl (C=O) groups is 2. The molecular formula is C25H27N5O2. The van der Waals surface area contributed by atoms with E-state index in [2.05, 4.69) is 20.6 Å². The smallest absolute Gasteiger partial charge is 0.243 e. The molecule has 164 valence electrons. The molecule has 0 aliphatic heterocycles. The number of nitrogens with one attached hydrogen (secondary N) is 3. The summed E-state index contributed by atoms with van der Waals surface area (Å²) in [6.45, 7) is 0.802. The molecule has 0 aliphatic carbocycles. The van der Waals surface area contributed by atoms with E-state index in [0.29, 0.717) is 32.4 Å². The van der Waals surface area contributed by atoms with Crippen molar-refractivity contribution in [3.8, 4) is 0 Å². The number of nitrogens with two attached hydrogens (primary N) is 1. The normalized spacial score (nSPS) is 12.0. The van der Waals surface area contributed by atoms with Gasteiger partial charge in [-0.2, -0.15) is 0 Å². The Balaban J connectivity index is 1.48. The lowest BCUT2D eigenvalue weighted by molar-refractivity contribution is -0.129. The predicted molar refractivity (Wildman–Crippen MR) is 126 cm³/mol. The van der Waals surface area contributed by atoms with Crippen molar-refractivity contribution < 1.29 is 9.59 Å². The van der Waals surface area contributed by atoms with Crippen LogP contribution in [0.1, 0.15) is 24.0 Å². The van der Waals surface area contributed by atoms with Crippen molar-refractivity contribution in [1.29, 1.82) is 0 Å². The van der Waals surface area contributed by atoms with E-state index in [1.165, 1.54) is 0 Å². The molecule has 2 amide bonds. The van der Waals surface area contributed by atoms with Crippen molar-refractivity contribution in [2.45, 2.75) is 31.8 Å². The molecule has 5 N–H and O–H groups in total. The second-order valence-corrected chi connectivity index (χ2v) is 7.82. The standard InChI is InChI=1S/C25H27N5O2/c26-11-3-8-24(31)30-23(14-19-16-28-22-7-2-1-6-20(19)22)25(32)29-15-17-9-10-21-18(13-17)5-4-12-27-21/h1-2,4-7,9-10,12-13,16,23,28H,3,8,11,14-15,26H2,(H,29,32)(H,30,31). The number of nitrogens with zero attached hydrogens (tertiary/aromatic N) is 1. The predicted octanol–water partition coefficient (Wildman–Crippen LogP) is 2.80. The van der Waals surface area contributed by atoms with Gasteiger partial charge in [0.1, 0.15) is 6.04 Å². The molecule has 0 spiro atoms. The van der Waals surface area contributed by atoms with Gasteiger partial charge in [0.05, 0.1) is 5.52 Å². The number of para-hydroxylation sites is 1. The molecule has 2 aromatic heterocycles. The fourth-order valence-electron chi connectivity index (χ4n) is 3.81. The van der Waals surface area contributed by atoms with E-state index in [9.17, 15) is 9.59 Å². The summed E-state index contributed by atoms with van der Waals surface area (Å²) in [5.74, 6) is -0.394. The van der Waals surface area contributed by atoms with Crippen LogP contribution in [0.5, 0.6) is 0 Å². The van der Waals surface area contributed by atoms with Crippen LogP contribution in [0.4, 0.5) is 0 Å². The van der Waals surface area contributed by atoms with E-state index in [1.807, 2.05) is 60.8 Å². The first-order valence-corrected chi connectivity index (χ1v) is 10.8. The number of pyridine rings is 1. The Labute approximate surface area is 186 Å². The number of H-pyrrole nitrogens is 1. The van der Waals surface area contributed by atoms with Gasteiger partial charge in [-0.05, 0) is 48.4 Å². The molecule has 4 aromatic rings. The molecule has 0 saturated carbocycles. The van der Waals surface area contributed by atoms with Gasteiger partial charge in [0.25, 0.3) is 0 Å². The Hall–Kier alpha value is -3.71. The highest BCUT2D eigenvalue weighted by Crippen LogP contribution is 2.19. The molecular weight excluding hydrogens is 402 g/mol. The van der Waals surface area contributed by atoms with Crippen LogP contribution in [0, 0.1) is 0 Å². The third-order valence-electron chi connectivity index (χ3n) is 5.49. The van der Waals surface area contributed by atoms with Gasteiger partial charge >= 0.3 is 0 Å². The van der Waals surface area contributed by atoms with Crippen molar-refractivity contribution in [3.05, 3.63) is 78.1 Å². The fraction of sp³-hybridized carbons (Fsp3) is 0.240. The van der Waals surface area contributed by atoms with Gasteiger partial charge in [0, 0.05) is 48.1 Å². The topological polar surface area (TPSA) is 113 Å². The van der Waals surface area contributed by atoms with Crippen molar-refractivity contribution in [1.82, 2.24) is 20.6 Å². The quantitative estimate of drug-likeness (QED) is 0.328. The van der Waals surface area contributed by atoms with Crippen LogP contribution >= 0.6 is 0 Å². The molecule has 0 fully saturated rings. The Morgan fingerprint density at radius 1 is 1.09 bits per heavy atom. The van der Waals surface area contributed by atoms with Gasteiger partial charge in [0.15, 0.2) is 0 Å². The second-order valence-electron chi connectivity index (χ2n) is 7.82. The Morgan fingerprint density at radius 3 is 2.84 bits per heavy atom. The van der Waals surface area contributed by atoms with Gasteiger partial charge in [-0.15, -0.1) is 0 Å². The van der Waals surface area contributed by atoms with E-state index in [0.717, 1.165) is 32.9 Å². The number of rotatable bonds is 9. The Morgan fingerprint density at radius 2 is 1.97 bits per heavy atom. The minimum absolute atomic E-state index is 0.174. The summed E-state index contributed by atoms with van der Waals surface area (Å²) in [6, 6.07) is 17.0. The van der Waals surface area contributed by atoms with Gasteiger partial charge in [-0.1, -0.05) is 30.3 Å². The largest absolute Gasteiger partial charge is 0.361 e. The summed E-state index contributed by atoms with van der Waals surface area (Å²) >= 11 is 0. The minimum atomic E-state index is -0.679. The van der Waals surface area contributed by atoms with E-state index >= 15 is 0 Å². The number of carbonyl (C=O) groups excluding carboxylic acids is 2. The summed E-state index contributed by atoms with van der Waals surface area (Å²) in [5, 5.41) is 7.93. The lowest BCUT2D eigenvalue weighted by atomic mass is 10.0. The Kier molecular flexibility index (Phi) is 6.77. The summed E-state index contributed by atoms with van der Waals surface area (Å²) in [4.78, 5) is 33.0. The van der Waals surface area contributed by atoms with Crippen LogP contribution in [0.25, 0.3) is 21.8 Å². The van der Waals surface area contributed by atoms with Crippen LogP contribution in [-0.4, -0.2) is 34.4 Å². The second kappa shape index (κ2) is 10.1. The zero-order chi connectivity index (χ0) is 22.3. The van der Waals surface area contributed by atoms with Gasteiger partial charge in [-0.3, -0.25) is 14.6 Å². The highest BCUT2D eigenvalue weighted by atomic mass is 16.2. The molecule has 0 bridgehead atoms. The maximum absolute atomic E-state index is 13.1. The van der Waals surface area contributed by atoms with Crippen molar-refractivity contribution in [2.24, 2.45) is 5.73 Å². The minimum Gasteiger partial charge on any atom is -0.361 e. The third-order valence-corrected chi connectivity index (χ3v) is 5.49. The third kappa shape index (κ3) is 5.12. The van der Waals surface area contributed by atoms with Gasteiger partial charge in [-0.25, -0.2) is 0 Å². The van der Waals surface area contributed by atoms with Crippen molar-refractivity contribution in [2.75, 3.05) is 6.54 Å². The number of aromatic nitrogens is 2. The maximum Gasteiger partial charge on any atom is 0.243 e. The lowest BCUT2D eigenvalue weighted by Crippen LogP contribution is -2.47. The number of aromatic amines is 1. The van der Waals surface area contributed by atoms with E-state index < -0.39 is 6.04 Å². The molecule has 7 heteroatoms. The summed E-state index contributed by atoms with van der Waals surface area (Å²) in [7, 11) is 0. The first kappa shape index (κ1) is 21.5. The summed E-state index contributed by atoms with van der Waals surface area (Å²) in [6.07, 6.45) is 4.93. The van der Waals surface area contributed by atoms with Crippen LogP contribution in [0.2, 0.25) is 0 Å². The number of amides is 2. The Bertz CT molecular complexity index is 1230. The van der Waals surface area contributed by atoms with E-state index in [4.69, 9.17) is 5.73 Å². The van der Waals surface area contributed by atoms with Gasteiger partial charge < -0.3 is 21.4 Å². The SMILES string of the molecule is NCCCC(=O)NC(Cc1c[nH]c2ccccc12)C(=O)NCc1ccc2ncccc2c1. The molecule has 32 heavy (non-hydrogen) atoms. The molecule has 1 atom stereocenters. The summed E-state index contributed by atoms with van der Waals surface area (Å²) < 4.78 is 0. The highest BCUT2D eigenvalue weighted by Gasteiger charge is 2.22. The zero-order valence-corrected chi connectivity index (χ0v) is 17.8. The van der Waals surface area contributed by atoms with Crippen LogP contribution in [0.3, 0.4) is 0 Å². The zero-order valence-electron chi connectivity index (χ0n) is 17.8. The van der Waals surface area contributed by atoms with E-state index in [1.54, 1.807) is 6.20 Å². The lowest BCUT2D eigenvalue weighted by Gasteiger charge is -2.18. The molecule has 7 nitrogen and oxygen atoms in total. The molecule has 4 rings (SSSR count). The van der Waals surface area contributed by atoms with Crippen LogP contribution < -0.4 is 16.4 Å². The molecule has 2 aromatic carbocycles. The van der Waals surface area contributed by atoms with Crippen molar-refractivity contribution in [3.63, 3.8) is 0 Å². The van der Waals surface area contributed by atoms with E-state index in [-0.39, 0.29) is 11.8 Å². The number of fused-ring (bicyclic) bond motifs is 2. The molecule has 1 unspecified atom stereocenters. The average molecular weight is 430 g/mol. The molecule has 0 aliphatic rings.